The molecule has 0 aliphatic rings. The van der Waals surface area contributed by atoms with Crippen LogP contribution in [0.4, 0.5) is 4.79 Å². The van der Waals surface area contributed by atoms with Crippen LogP contribution in [-0.4, -0.2) is 30.1 Å². The molecular weight excluding hydrogens is 320 g/mol. The summed E-state index contributed by atoms with van der Waals surface area (Å²) in [5.74, 6) is 0.817. The van der Waals surface area contributed by atoms with Crippen molar-refractivity contribution in [1.82, 2.24) is 10.2 Å². The third-order valence-electron chi connectivity index (χ3n) is 3.42. The Balaban J connectivity index is 1.84. The molecule has 2 amide bonds. The standard InChI is InChI=1S/C19H24N2O2S/c1-4-10-21(13-18-9-6-11-24-18)19(22)20-16(3)14-23-17-8-5-7-15(2)12-17/h4-9,11-12,16H,1,10,13-14H2,2-3H3,(H,20,22). The number of aryl methyl sites for hydroxylation is 1. The number of hydrogen-bond acceptors (Lipinski definition) is 3. The van der Waals surface area contributed by atoms with Crippen molar-refractivity contribution >= 4 is 17.4 Å². The van der Waals surface area contributed by atoms with Gasteiger partial charge in [0.25, 0.3) is 0 Å². The average Bonchev–Trinajstić information content (AvgIpc) is 3.06. The first-order chi connectivity index (χ1) is 11.6. The van der Waals surface area contributed by atoms with Crippen molar-refractivity contribution < 1.29 is 9.53 Å². The van der Waals surface area contributed by atoms with E-state index in [-0.39, 0.29) is 12.1 Å². The molecule has 1 N–H and O–H groups in total. The van der Waals surface area contributed by atoms with Crippen molar-refractivity contribution in [3.63, 3.8) is 0 Å². The number of carbonyl (C=O) groups excluding carboxylic acids is 1. The van der Waals surface area contributed by atoms with Crippen molar-refractivity contribution in [2.24, 2.45) is 0 Å². The first-order valence-corrected chi connectivity index (χ1v) is 8.84. The maximum Gasteiger partial charge on any atom is 0.318 e. The monoisotopic (exact) mass is 344 g/mol. The van der Waals surface area contributed by atoms with Crippen molar-refractivity contribution in [3.05, 3.63) is 64.9 Å². The Labute approximate surface area is 147 Å². The number of rotatable bonds is 8. The molecule has 2 rings (SSSR count). The zero-order chi connectivity index (χ0) is 17.4. The van der Waals surface area contributed by atoms with E-state index in [9.17, 15) is 4.79 Å². The summed E-state index contributed by atoms with van der Waals surface area (Å²) in [5.41, 5.74) is 1.15. The van der Waals surface area contributed by atoms with Crippen LogP contribution in [0.3, 0.4) is 0 Å². The van der Waals surface area contributed by atoms with Gasteiger partial charge in [0, 0.05) is 11.4 Å². The van der Waals surface area contributed by atoms with Gasteiger partial charge < -0.3 is 15.0 Å². The number of amides is 2. The highest BCUT2D eigenvalue weighted by molar-refractivity contribution is 7.09. The number of ether oxygens (including phenoxy) is 1. The highest BCUT2D eigenvalue weighted by Gasteiger charge is 2.16. The number of carbonyl (C=O) groups is 1. The van der Waals surface area contributed by atoms with Crippen LogP contribution in [0, 0.1) is 6.92 Å². The van der Waals surface area contributed by atoms with E-state index < -0.39 is 0 Å². The molecule has 1 atom stereocenters. The summed E-state index contributed by atoms with van der Waals surface area (Å²) < 4.78 is 5.74. The second-order valence-electron chi connectivity index (χ2n) is 5.73. The van der Waals surface area contributed by atoms with Gasteiger partial charge >= 0.3 is 6.03 Å². The summed E-state index contributed by atoms with van der Waals surface area (Å²) in [4.78, 5) is 15.3. The van der Waals surface area contributed by atoms with Gasteiger partial charge in [-0.3, -0.25) is 0 Å². The lowest BCUT2D eigenvalue weighted by Crippen LogP contribution is -2.45. The molecule has 1 unspecified atom stereocenters. The summed E-state index contributed by atoms with van der Waals surface area (Å²) >= 11 is 1.64. The summed E-state index contributed by atoms with van der Waals surface area (Å²) in [6, 6.07) is 11.7. The summed E-state index contributed by atoms with van der Waals surface area (Å²) in [5, 5.41) is 4.99. The van der Waals surface area contributed by atoms with Gasteiger partial charge in [-0.1, -0.05) is 24.3 Å². The quantitative estimate of drug-likeness (QED) is 0.729. The predicted molar refractivity (Wildman–Crippen MR) is 99.6 cm³/mol. The maximum absolute atomic E-state index is 12.5. The second-order valence-corrected chi connectivity index (χ2v) is 6.76. The number of thiophene rings is 1. The van der Waals surface area contributed by atoms with Crippen molar-refractivity contribution in [2.45, 2.75) is 26.4 Å². The lowest BCUT2D eigenvalue weighted by atomic mass is 10.2. The molecule has 0 spiro atoms. The van der Waals surface area contributed by atoms with E-state index >= 15 is 0 Å². The molecule has 0 saturated heterocycles. The lowest BCUT2D eigenvalue weighted by Gasteiger charge is -2.24. The number of urea groups is 1. The van der Waals surface area contributed by atoms with E-state index in [0.29, 0.717) is 19.7 Å². The third-order valence-corrected chi connectivity index (χ3v) is 4.28. The molecule has 4 nitrogen and oxygen atoms in total. The SMILES string of the molecule is C=CCN(Cc1cccs1)C(=O)NC(C)COc1cccc(C)c1. The van der Waals surface area contributed by atoms with Crippen LogP contribution in [0.15, 0.2) is 54.4 Å². The summed E-state index contributed by atoms with van der Waals surface area (Å²) in [6.07, 6.45) is 1.74. The minimum atomic E-state index is -0.108. The Kier molecular flexibility index (Phi) is 6.88. The Morgan fingerprint density at radius 3 is 2.92 bits per heavy atom. The smallest absolute Gasteiger partial charge is 0.318 e. The molecule has 0 radical (unpaired) electrons. The third kappa shape index (κ3) is 5.74. The van der Waals surface area contributed by atoms with Crippen molar-refractivity contribution in [3.8, 4) is 5.75 Å². The molecule has 2 aromatic rings. The molecule has 24 heavy (non-hydrogen) atoms. The number of hydrogen-bond donors (Lipinski definition) is 1. The van der Waals surface area contributed by atoms with E-state index in [1.165, 1.54) is 0 Å². The largest absolute Gasteiger partial charge is 0.491 e. The molecule has 1 heterocycles. The molecule has 1 aromatic carbocycles. The fourth-order valence-electron chi connectivity index (χ4n) is 2.24. The number of benzene rings is 1. The Morgan fingerprint density at radius 2 is 2.25 bits per heavy atom. The molecule has 0 fully saturated rings. The van der Waals surface area contributed by atoms with Gasteiger partial charge in [0.2, 0.25) is 0 Å². The van der Waals surface area contributed by atoms with Crippen LogP contribution in [0.1, 0.15) is 17.4 Å². The molecule has 128 valence electrons. The zero-order valence-electron chi connectivity index (χ0n) is 14.2. The van der Waals surface area contributed by atoms with Gasteiger partial charge in [0.05, 0.1) is 12.6 Å². The van der Waals surface area contributed by atoms with E-state index in [2.05, 4.69) is 11.9 Å². The molecule has 0 aliphatic heterocycles. The van der Waals surface area contributed by atoms with Crippen LogP contribution in [0.25, 0.3) is 0 Å². The van der Waals surface area contributed by atoms with Gasteiger partial charge in [-0.15, -0.1) is 17.9 Å². The van der Waals surface area contributed by atoms with Crippen molar-refractivity contribution in [2.75, 3.05) is 13.2 Å². The minimum absolute atomic E-state index is 0.0892. The lowest BCUT2D eigenvalue weighted by molar-refractivity contribution is 0.190. The Bertz CT molecular complexity index is 655. The number of nitrogens with one attached hydrogen (secondary N) is 1. The van der Waals surface area contributed by atoms with Gasteiger partial charge in [0.15, 0.2) is 0 Å². The van der Waals surface area contributed by atoms with Crippen molar-refractivity contribution in [1.29, 1.82) is 0 Å². The Hall–Kier alpha value is -2.27. The molecule has 1 aromatic heterocycles. The molecule has 0 aliphatic carbocycles. The van der Waals surface area contributed by atoms with Crippen LogP contribution in [0.2, 0.25) is 0 Å². The normalized spacial score (nSPS) is 11.6. The summed E-state index contributed by atoms with van der Waals surface area (Å²) in [6.45, 7) is 9.21. The van der Waals surface area contributed by atoms with Crippen LogP contribution in [0.5, 0.6) is 5.75 Å². The summed E-state index contributed by atoms with van der Waals surface area (Å²) in [7, 11) is 0. The zero-order valence-corrected chi connectivity index (χ0v) is 15.0. The molecule has 5 heteroatoms. The minimum Gasteiger partial charge on any atom is -0.491 e. The fourth-order valence-corrected chi connectivity index (χ4v) is 2.96. The topological polar surface area (TPSA) is 41.6 Å². The second kappa shape index (κ2) is 9.13. The van der Waals surface area contributed by atoms with E-state index in [1.54, 1.807) is 22.3 Å². The first kappa shape index (κ1) is 18.1. The fraction of sp³-hybridized carbons (Fsp3) is 0.316. The Morgan fingerprint density at radius 1 is 1.42 bits per heavy atom. The average molecular weight is 344 g/mol. The number of nitrogens with zero attached hydrogens (tertiary/aromatic N) is 1. The first-order valence-electron chi connectivity index (χ1n) is 7.96. The molecule has 0 bridgehead atoms. The predicted octanol–water partition coefficient (Wildman–Crippen LogP) is 4.22. The molecular formula is C19H24N2O2S. The van der Waals surface area contributed by atoms with Gasteiger partial charge in [0.1, 0.15) is 12.4 Å². The van der Waals surface area contributed by atoms with Gasteiger partial charge in [-0.2, -0.15) is 0 Å². The maximum atomic E-state index is 12.5. The van der Waals surface area contributed by atoms with Gasteiger partial charge in [-0.05, 0) is 43.0 Å². The molecule has 0 saturated carbocycles. The van der Waals surface area contributed by atoms with Crippen LogP contribution >= 0.6 is 11.3 Å². The van der Waals surface area contributed by atoms with E-state index in [4.69, 9.17) is 4.74 Å². The van der Waals surface area contributed by atoms with Gasteiger partial charge in [-0.25, -0.2) is 4.79 Å². The van der Waals surface area contributed by atoms with Crippen LogP contribution in [-0.2, 0) is 6.54 Å². The van der Waals surface area contributed by atoms with Crippen LogP contribution < -0.4 is 10.1 Å². The highest BCUT2D eigenvalue weighted by Crippen LogP contribution is 2.13. The highest BCUT2D eigenvalue weighted by atomic mass is 32.1. The van der Waals surface area contributed by atoms with E-state index in [1.807, 2.05) is 55.6 Å². The van der Waals surface area contributed by atoms with E-state index in [0.717, 1.165) is 16.2 Å².